The molecule has 0 aromatic carbocycles. The van der Waals surface area contributed by atoms with E-state index in [4.69, 9.17) is 5.73 Å². The van der Waals surface area contributed by atoms with E-state index in [2.05, 4.69) is 21.8 Å². The van der Waals surface area contributed by atoms with Crippen LogP contribution in [0.5, 0.6) is 0 Å². The molecule has 2 aromatic heterocycles. The van der Waals surface area contributed by atoms with Crippen LogP contribution in [0.3, 0.4) is 0 Å². The number of nitrogens with one attached hydrogen (secondary N) is 1. The number of guanidine groups is 1. The van der Waals surface area contributed by atoms with Crippen molar-refractivity contribution in [2.24, 2.45) is 10.7 Å². The number of halogens is 1. The van der Waals surface area contributed by atoms with Crippen molar-refractivity contribution in [3.8, 4) is 0 Å². The number of nitrogens with zero attached hydrogens (tertiary/aromatic N) is 2. The van der Waals surface area contributed by atoms with E-state index in [1.165, 1.54) is 16.2 Å². The van der Waals surface area contributed by atoms with Gasteiger partial charge in [0.15, 0.2) is 5.96 Å². The number of aliphatic imine (C=N–C) groups is 1. The molecular weight excluding hydrogens is 515 g/mol. The summed E-state index contributed by atoms with van der Waals surface area (Å²) in [5.41, 5.74) is 5.89. The van der Waals surface area contributed by atoms with Crippen molar-refractivity contribution in [1.29, 1.82) is 0 Å². The van der Waals surface area contributed by atoms with Crippen molar-refractivity contribution in [1.82, 2.24) is 9.62 Å². The third-order valence-corrected chi connectivity index (χ3v) is 8.58. The molecule has 1 saturated heterocycles. The van der Waals surface area contributed by atoms with Crippen LogP contribution in [0.4, 0.5) is 0 Å². The Morgan fingerprint density at radius 3 is 2.67 bits per heavy atom. The number of hydrogen-bond acceptors (Lipinski definition) is 5. The highest BCUT2D eigenvalue weighted by Gasteiger charge is 2.27. The number of rotatable bonds is 7. The van der Waals surface area contributed by atoms with E-state index in [-0.39, 0.29) is 24.0 Å². The fourth-order valence-electron chi connectivity index (χ4n) is 2.80. The quantitative estimate of drug-likeness (QED) is 0.321. The van der Waals surface area contributed by atoms with Crippen molar-refractivity contribution in [3.05, 3.63) is 39.4 Å². The van der Waals surface area contributed by atoms with Gasteiger partial charge in [-0.05, 0) is 42.8 Å². The van der Waals surface area contributed by atoms with E-state index < -0.39 is 10.0 Å². The van der Waals surface area contributed by atoms with Gasteiger partial charge < -0.3 is 11.1 Å². The zero-order valence-corrected chi connectivity index (χ0v) is 19.7. The molecule has 0 spiro atoms. The summed E-state index contributed by atoms with van der Waals surface area (Å²) >= 11 is 3.00. The molecular formula is C17H25IN4O2S3. The van der Waals surface area contributed by atoms with E-state index in [0.29, 0.717) is 29.8 Å². The highest BCUT2D eigenvalue weighted by Crippen LogP contribution is 2.27. The molecule has 0 saturated carbocycles. The standard InChI is InChI=1S/C17H24N4O2S3.HI/c18-17(19-9-8-14-5-4-12-24-14)20-13-15-6-7-16(25-15)26(22,23)21-10-2-1-3-11-21;/h4-7,12H,1-3,8-11,13H2,(H3,18,19,20);1H. The number of hydrogen-bond donors (Lipinski definition) is 2. The van der Waals surface area contributed by atoms with Crippen molar-refractivity contribution in [3.63, 3.8) is 0 Å². The first-order valence-corrected chi connectivity index (χ1v) is 11.8. The molecule has 2 aromatic rings. The van der Waals surface area contributed by atoms with Gasteiger partial charge >= 0.3 is 0 Å². The molecule has 6 nitrogen and oxygen atoms in total. The number of sulfonamides is 1. The highest BCUT2D eigenvalue weighted by molar-refractivity contribution is 14.0. The molecule has 0 radical (unpaired) electrons. The van der Waals surface area contributed by atoms with Crippen LogP contribution in [0.25, 0.3) is 0 Å². The lowest BCUT2D eigenvalue weighted by Crippen LogP contribution is -2.35. The molecule has 150 valence electrons. The minimum atomic E-state index is -3.36. The molecule has 1 aliphatic rings. The maximum absolute atomic E-state index is 12.7. The molecule has 10 heteroatoms. The molecule has 3 N–H and O–H groups in total. The van der Waals surface area contributed by atoms with Gasteiger partial charge in [-0.2, -0.15) is 4.31 Å². The second-order valence-electron chi connectivity index (χ2n) is 6.14. The monoisotopic (exact) mass is 540 g/mol. The minimum Gasteiger partial charge on any atom is -0.370 e. The molecule has 3 rings (SSSR count). The Labute approximate surface area is 185 Å². The van der Waals surface area contributed by atoms with E-state index in [9.17, 15) is 8.42 Å². The van der Waals surface area contributed by atoms with Crippen LogP contribution < -0.4 is 11.1 Å². The Kier molecular flexibility index (Phi) is 8.99. The second-order valence-corrected chi connectivity index (χ2v) is 10.5. The van der Waals surface area contributed by atoms with Crippen molar-refractivity contribution in [2.75, 3.05) is 19.6 Å². The van der Waals surface area contributed by atoms with Gasteiger partial charge in [0.05, 0.1) is 6.54 Å². The van der Waals surface area contributed by atoms with Gasteiger partial charge in [0.2, 0.25) is 0 Å². The summed E-state index contributed by atoms with van der Waals surface area (Å²) in [5.74, 6) is 0.385. The largest absolute Gasteiger partial charge is 0.370 e. The van der Waals surface area contributed by atoms with Gasteiger partial charge in [0.25, 0.3) is 10.0 Å². The average molecular weight is 541 g/mol. The first kappa shape index (κ1) is 22.6. The molecule has 0 unspecified atom stereocenters. The Hall–Kier alpha value is -0.690. The lowest BCUT2D eigenvalue weighted by Gasteiger charge is -2.25. The van der Waals surface area contributed by atoms with Gasteiger partial charge in [-0.15, -0.1) is 46.7 Å². The first-order valence-electron chi connectivity index (χ1n) is 8.71. The summed E-state index contributed by atoms with van der Waals surface area (Å²) < 4.78 is 27.3. The summed E-state index contributed by atoms with van der Waals surface area (Å²) in [6, 6.07) is 7.63. The molecule has 0 bridgehead atoms. The van der Waals surface area contributed by atoms with Gasteiger partial charge in [0.1, 0.15) is 4.21 Å². The van der Waals surface area contributed by atoms with E-state index in [1.54, 1.807) is 21.7 Å². The van der Waals surface area contributed by atoms with Crippen molar-refractivity contribution < 1.29 is 8.42 Å². The maximum Gasteiger partial charge on any atom is 0.252 e. The molecule has 3 heterocycles. The third kappa shape index (κ3) is 6.41. The number of piperidine rings is 1. The SMILES string of the molecule is I.NC(=NCc1ccc(S(=O)(=O)N2CCCCC2)s1)NCCc1cccs1. The predicted molar refractivity (Wildman–Crippen MR) is 124 cm³/mol. The fourth-order valence-corrected chi connectivity index (χ4v) is 6.46. The van der Waals surface area contributed by atoms with Gasteiger partial charge in [-0.25, -0.2) is 13.4 Å². The Bertz CT molecular complexity index is 828. The topological polar surface area (TPSA) is 87.8 Å². The van der Waals surface area contributed by atoms with Crippen LogP contribution in [0.15, 0.2) is 38.8 Å². The normalized spacial score (nSPS) is 16.1. The van der Waals surface area contributed by atoms with Crippen molar-refractivity contribution in [2.45, 2.75) is 36.4 Å². The van der Waals surface area contributed by atoms with E-state index in [0.717, 1.165) is 37.1 Å². The first-order chi connectivity index (χ1) is 12.6. The zero-order chi connectivity index (χ0) is 18.4. The smallest absolute Gasteiger partial charge is 0.252 e. The zero-order valence-electron chi connectivity index (χ0n) is 15.0. The summed E-state index contributed by atoms with van der Waals surface area (Å²) in [6.45, 7) is 2.36. The molecule has 1 aliphatic heterocycles. The van der Waals surface area contributed by atoms with E-state index >= 15 is 0 Å². The Balaban J connectivity index is 0.00000261. The van der Waals surface area contributed by atoms with Gasteiger partial charge in [0, 0.05) is 29.4 Å². The van der Waals surface area contributed by atoms with Gasteiger partial charge in [-0.3, -0.25) is 0 Å². The van der Waals surface area contributed by atoms with Crippen LogP contribution >= 0.6 is 46.7 Å². The Morgan fingerprint density at radius 1 is 1.19 bits per heavy atom. The molecule has 0 aliphatic carbocycles. The Morgan fingerprint density at radius 2 is 1.96 bits per heavy atom. The third-order valence-electron chi connectivity index (χ3n) is 4.21. The predicted octanol–water partition coefficient (Wildman–Crippen LogP) is 3.25. The lowest BCUT2D eigenvalue weighted by atomic mass is 10.2. The maximum atomic E-state index is 12.7. The van der Waals surface area contributed by atoms with Crippen LogP contribution in [-0.4, -0.2) is 38.3 Å². The van der Waals surface area contributed by atoms with Crippen LogP contribution in [0.1, 0.15) is 29.0 Å². The fraction of sp³-hybridized carbons (Fsp3) is 0.471. The summed E-state index contributed by atoms with van der Waals surface area (Å²) in [4.78, 5) is 6.50. The summed E-state index contributed by atoms with van der Waals surface area (Å²) in [6.07, 6.45) is 3.89. The molecule has 27 heavy (non-hydrogen) atoms. The average Bonchev–Trinajstić information content (AvgIpc) is 3.33. The van der Waals surface area contributed by atoms with Crippen LogP contribution in [-0.2, 0) is 23.0 Å². The molecule has 0 atom stereocenters. The lowest BCUT2D eigenvalue weighted by molar-refractivity contribution is 0.347. The minimum absolute atomic E-state index is 0. The summed E-state index contributed by atoms with van der Waals surface area (Å²) in [7, 11) is -3.36. The van der Waals surface area contributed by atoms with Crippen LogP contribution in [0.2, 0.25) is 0 Å². The number of thiophene rings is 2. The molecule has 0 amide bonds. The van der Waals surface area contributed by atoms with E-state index in [1.807, 2.05) is 12.1 Å². The highest BCUT2D eigenvalue weighted by atomic mass is 127. The van der Waals surface area contributed by atoms with Crippen LogP contribution in [0, 0.1) is 0 Å². The van der Waals surface area contributed by atoms with Gasteiger partial charge in [-0.1, -0.05) is 12.5 Å². The van der Waals surface area contributed by atoms with Crippen molar-refractivity contribution >= 4 is 62.6 Å². The number of nitrogens with two attached hydrogens (primary N) is 1. The second kappa shape index (κ2) is 10.7. The summed E-state index contributed by atoms with van der Waals surface area (Å²) in [5, 5.41) is 5.15. The molecule has 1 fully saturated rings.